The smallest absolute Gasteiger partial charge is 0.323 e. The van der Waals surface area contributed by atoms with Crippen LogP contribution in [0.2, 0.25) is 0 Å². The number of rotatable bonds is 1. The molecule has 0 amide bonds. The fourth-order valence-corrected chi connectivity index (χ4v) is 2.30. The minimum atomic E-state index is -0.653. The summed E-state index contributed by atoms with van der Waals surface area (Å²) in [5.74, 6) is -0.653. The third-order valence-corrected chi connectivity index (χ3v) is 2.97. The highest BCUT2D eigenvalue weighted by Crippen LogP contribution is 2.35. The third-order valence-electron chi connectivity index (χ3n) is 2.97. The topological polar surface area (TPSA) is 49.3 Å². The molecule has 11 heavy (non-hydrogen) atoms. The summed E-state index contributed by atoms with van der Waals surface area (Å²) < 4.78 is 0. The van der Waals surface area contributed by atoms with Crippen LogP contribution in [0.15, 0.2) is 0 Å². The number of piperidine rings is 1. The van der Waals surface area contributed by atoms with Crippen molar-refractivity contribution in [3.63, 3.8) is 0 Å². The van der Waals surface area contributed by atoms with E-state index in [1.165, 1.54) is 0 Å². The molecule has 2 saturated heterocycles. The molecule has 0 aromatic heterocycles. The van der Waals surface area contributed by atoms with Crippen molar-refractivity contribution < 1.29 is 9.90 Å². The SMILES string of the molecule is O=C(O)[C@]12CCCC(CC1)N2. The molecule has 2 N–H and O–H groups in total. The van der Waals surface area contributed by atoms with Crippen LogP contribution in [-0.2, 0) is 4.79 Å². The van der Waals surface area contributed by atoms with Gasteiger partial charge in [-0.3, -0.25) is 10.1 Å². The van der Waals surface area contributed by atoms with E-state index < -0.39 is 11.5 Å². The predicted octanol–water partition coefficient (Wildman–Crippen LogP) is 0.746. The molecule has 2 rings (SSSR count). The van der Waals surface area contributed by atoms with Gasteiger partial charge in [-0.05, 0) is 32.1 Å². The lowest BCUT2D eigenvalue weighted by molar-refractivity contribution is -0.145. The second-order valence-electron chi connectivity index (χ2n) is 3.66. The highest BCUT2D eigenvalue weighted by molar-refractivity contribution is 5.79. The average molecular weight is 155 g/mol. The molecular formula is C8H13NO2. The number of aliphatic carboxylic acids is 1. The number of nitrogens with one attached hydrogen (secondary N) is 1. The fourth-order valence-electron chi connectivity index (χ4n) is 2.30. The molecule has 0 radical (unpaired) electrons. The lowest BCUT2D eigenvalue weighted by Gasteiger charge is -2.30. The van der Waals surface area contributed by atoms with E-state index in [2.05, 4.69) is 5.32 Å². The maximum atomic E-state index is 10.9. The Balaban J connectivity index is 2.19. The second-order valence-corrected chi connectivity index (χ2v) is 3.66. The van der Waals surface area contributed by atoms with E-state index in [1.54, 1.807) is 0 Å². The summed E-state index contributed by atoms with van der Waals surface area (Å²) in [6, 6.07) is 0.486. The van der Waals surface area contributed by atoms with Gasteiger partial charge in [0.1, 0.15) is 5.54 Å². The van der Waals surface area contributed by atoms with Gasteiger partial charge in [-0.1, -0.05) is 0 Å². The molecule has 0 aromatic carbocycles. The summed E-state index contributed by atoms with van der Waals surface area (Å²) in [4.78, 5) is 10.9. The van der Waals surface area contributed by atoms with Crippen molar-refractivity contribution >= 4 is 5.97 Å². The maximum Gasteiger partial charge on any atom is 0.323 e. The number of carbonyl (C=O) groups is 1. The van der Waals surface area contributed by atoms with Gasteiger partial charge >= 0.3 is 5.97 Å². The molecule has 2 heterocycles. The van der Waals surface area contributed by atoms with Crippen LogP contribution in [0.3, 0.4) is 0 Å². The van der Waals surface area contributed by atoms with Crippen molar-refractivity contribution in [2.75, 3.05) is 0 Å². The zero-order chi connectivity index (χ0) is 7.90. The molecule has 2 aliphatic rings. The zero-order valence-corrected chi connectivity index (χ0v) is 6.47. The van der Waals surface area contributed by atoms with Gasteiger partial charge in [0.2, 0.25) is 0 Å². The zero-order valence-electron chi connectivity index (χ0n) is 6.47. The highest BCUT2D eigenvalue weighted by Gasteiger charge is 2.46. The molecule has 0 spiro atoms. The Kier molecular flexibility index (Phi) is 1.42. The van der Waals surface area contributed by atoms with Crippen LogP contribution in [0.5, 0.6) is 0 Å². The average Bonchev–Trinajstić information content (AvgIpc) is 2.29. The Morgan fingerprint density at radius 2 is 2.27 bits per heavy atom. The Bertz CT molecular complexity index is 189. The molecule has 3 nitrogen and oxygen atoms in total. The number of carboxylic acid groups (broad SMARTS) is 1. The first-order valence-corrected chi connectivity index (χ1v) is 4.24. The normalized spacial score (nSPS) is 42.4. The van der Waals surface area contributed by atoms with Crippen LogP contribution in [-0.4, -0.2) is 22.7 Å². The Morgan fingerprint density at radius 3 is 2.91 bits per heavy atom. The molecule has 0 aromatic rings. The van der Waals surface area contributed by atoms with Gasteiger partial charge in [0, 0.05) is 6.04 Å². The van der Waals surface area contributed by atoms with Gasteiger partial charge in [-0.25, -0.2) is 0 Å². The number of hydrogen-bond donors (Lipinski definition) is 2. The van der Waals surface area contributed by atoms with Crippen LogP contribution in [0.25, 0.3) is 0 Å². The van der Waals surface area contributed by atoms with E-state index in [0.29, 0.717) is 6.04 Å². The predicted molar refractivity (Wildman–Crippen MR) is 40.4 cm³/mol. The van der Waals surface area contributed by atoms with E-state index in [4.69, 9.17) is 5.11 Å². The van der Waals surface area contributed by atoms with E-state index in [-0.39, 0.29) is 0 Å². The van der Waals surface area contributed by atoms with Crippen molar-refractivity contribution in [3.8, 4) is 0 Å². The Labute approximate surface area is 65.8 Å². The van der Waals surface area contributed by atoms with Crippen LogP contribution in [0.4, 0.5) is 0 Å². The Hall–Kier alpha value is -0.570. The molecule has 3 heteroatoms. The number of hydrogen-bond acceptors (Lipinski definition) is 2. The van der Waals surface area contributed by atoms with Crippen molar-refractivity contribution in [1.82, 2.24) is 5.32 Å². The molecule has 2 bridgehead atoms. The van der Waals surface area contributed by atoms with Crippen LogP contribution >= 0.6 is 0 Å². The molecule has 0 aliphatic carbocycles. The molecule has 2 atom stereocenters. The van der Waals surface area contributed by atoms with E-state index in [9.17, 15) is 4.79 Å². The quantitative estimate of drug-likeness (QED) is 0.587. The third kappa shape index (κ3) is 0.948. The van der Waals surface area contributed by atoms with Crippen molar-refractivity contribution in [2.24, 2.45) is 0 Å². The van der Waals surface area contributed by atoms with Gasteiger partial charge in [0.25, 0.3) is 0 Å². The first-order valence-electron chi connectivity index (χ1n) is 4.24. The summed E-state index contributed by atoms with van der Waals surface area (Å²) in [5.41, 5.74) is -0.539. The van der Waals surface area contributed by atoms with Crippen molar-refractivity contribution in [1.29, 1.82) is 0 Å². The van der Waals surface area contributed by atoms with Crippen molar-refractivity contribution in [2.45, 2.75) is 43.7 Å². The fraction of sp³-hybridized carbons (Fsp3) is 0.875. The van der Waals surface area contributed by atoms with Gasteiger partial charge in [0.05, 0.1) is 0 Å². The molecular weight excluding hydrogens is 142 g/mol. The molecule has 62 valence electrons. The first-order chi connectivity index (χ1) is 5.23. The van der Waals surface area contributed by atoms with Crippen LogP contribution < -0.4 is 5.32 Å². The monoisotopic (exact) mass is 155 g/mol. The first kappa shape index (κ1) is 7.10. The summed E-state index contributed by atoms with van der Waals surface area (Å²) >= 11 is 0. The van der Waals surface area contributed by atoms with Gasteiger partial charge < -0.3 is 5.11 Å². The van der Waals surface area contributed by atoms with E-state index in [0.717, 1.165) is 32.1 Å². The molecule has 0 saturated carbocycles. The lowest BCUT2D eigenvalue weighted by atomic mass is 9.91. The van der Waals surface area contributed by atoms with E-state index >= 15 is 0 Å². The number of carboxylic acids is 1. The number of fused-ring (bicyclic) bond motifs is 2. The van der Waals surface area contributed by atoms with Crippen LogP contribution in [0.1, 0.15) is 32.1 Å². The Morgan fingerprint density at radius 1 is 1.45 bits per heavy atom. The van der Waals surface area contributed by atoms with Crippen LogP contribution in [0, 0.1) is 0 Å². The summed E-state index contributed by atoms with van der Waals surface area (Å²) in [7, 11) is 0. The summed E-state index contributed by atoms with van der Waals surface area (Å²) in [6.07, 6.45) is 4.93. The highest BCUT2D eigenvalue weighted by atomic mass is 16.4. The van der Waals surface area contributed by atoms with Gasteiger partial charge in [0.15, 0.2) is 0 Å². The molecule has 2 fully saturated rings. The van der Waals surface area contributed by atoms with E-state index in [1.807, 2.05) is 0 Å². The minimum Gasteiger partial charge on any atom is -0.480 e. The largest absolute Gasteiger partial charge is 0.480 e. The summed E-state index contributed by atoms with van der Waals surface area (Å²) in [6.45, 7) is 0. The van der Waals surface area contributed by atoms with Crippen molar-refractivity contribution in [3.05, 3.63) is 0 Å². The van der Waals surface area contributed by atoms with Gasteiger partial charge in [-0.15, -0.1) is 0 Å². The minimum absolute atomic E-state index is 0.486. The second kappa shape index (κ2) is 2.21. The maximum absolute atomic E-state index is 10.9. The molecule has 1 unspecified atom stereocenters. The molecule has 2 aliphatic heterocycles. The standard InChI is InChI=1S/C8H13NO2/c10-7(11)8-4-1-2-6(9-8)3-5-8/h6,9H,1-5H2,(H,10,11)/t6?,8-/m0/s1. The summed E-state index contributed by atoms with van der Waals surface area (Å²) in [5, 5.41) is 12.2. The van der Waals surface area contributed by atoms with Gasteiger partial charge in [-0.2, -0.15) is 0 Å². The lowest BCUT2D eigenvalue weighted by Crippen LogP contribution is -2.52.